The zero-order chi connectivity index (χ0) is 16.6. The Bertz CT molecular complexity index is 853. The van der Waals surface area contributed by atoms with Crippen LogP contribution in [0.25, 0.3) is 11.3 Å². The lowest BCUT2D eigenvalue weighted by Crippen LogP contribution is -2.24. The molecule has 2 heterocycles. The summed E-state index contributed by atoms with van der Waals surface area (Å²) >= 11 is 0. The van der Waals surface area contributed by atoms with E-state index >= 15 is 0 Å². The van der Waals surface area contributed by atoms with Gasteiger partial charge in [-0.25, -0.2) is 10.2 Å². The number of rotatable bonds is 3. The Kier molecular flexibility index (Phi) is 3.41. The Hall–Kier alpha value is -3.42. The fourth-order valence-corrected chi connectivity index (χ4v) is 2.25. The fraction of sp³-hybridized carbons (Fsp3) is 0.0667. The van der Waals surface area contributed by atoms with Gasteiger partial charge in [0.15, 0.2) is 0 Å². The molecule has 0 radical (unpaired) electrons. The highest BCUT2D eigenvalue weighted by atomic mass is 16.3. The minimum Gasteiger partial charge on any atom is -0.455 e. The number of furan rings is 1. The molecular weight excluding hydrogens is 300 g/mol. The summed E-state index contributed by atoms with van der Waals surface area (Å²) in [7, 11) is 1.44. The normalized spacial score (nSPS) is 13.7. The number of nitrogens with two attached hydrogens (primary N) is 1. The maximum absolute atomic E-state index is 12.0. The van der Waals surface area contributed by atoms with Crippen LogP contribution in [-0.2, 0) is 0 Å². The van der Waals surface area contributed by atoms with Gasteiger partial charge in [0, 0.05) is 12.6 Å². The quantitative estimate of drug-likeness (QED) is 0.502. The number of primary amides is 1. The van der Waals surface area contributed by atoms with Gasteiger partial charge in [-0.2, -0.15) is 5.10 Å². The maximum Gasteiger partial charge on any atom is 0.332 e. The number of fused-ring (bicyclic) bond motifs is 1. The number of carbonyl (C=O) groups is 3. The molecule has 23 heavy (non-hydrogen) atoms. The molecule has 0 unspecified atom stereocenters. The summed E-state index contributed by atoms with van der Waals surface area (Å²) in [5.74, 6) is 0.240. The number of amides is 4. The summed E-state index contributed by atoms with van der Waals surface area (Å²) in [6.45, 7) is 0. The first kappa shape index (κ1) is 14.5. The van der Waals surface area contributed by atoms with Crippen molar-refractivity contribution in [2.24, 2.45) is 10.8 Å². The maximum atomic E-state index is 12.0. The molecule has 0 spiro atoms. The fourth-order valence-electron chi connectivity index (χ4n) is 2.25. The van der Waals surface area contributed by atoms with E-state index in [2.05, 4.69) is 10.5 Å². The topological polar surface area (TPSA) is 118 Å². The van der Waals surface area contributed by atoms with E-state index in [-0.39, 0.29) is 11.8 Å². The minimum atomic E-state index is -0.779. The van der Waals surface area contributed by atoms with Gasteiger partial charge in [-0.1, -0.05) is 6.07 Å². The monoisotopic (exact) mass is 312 g/mol. The van der Waals surface area contributed by atoms with E-state index < -0.39 is 6.03 Å². The van der Waals surface area contributed by atoms with E-state index in [0.29, 0.717) is 28.2 Å². The van der Waals surface area contributed by atoms with E-state index in [1.807, 2.05) is 0 Å². The Morgan fingerprint density at radius 3 is 2.70 bits per heavy atom. The zero-order valence-electron chi connectivity index (χ0n) is 12.1. The van der Waals surface area contributed by atoms with Crippen molar-refractivity contribution in [1.29, 1.82) is 0 Å². The number of urea groups is 1. The molecule has 0 fully saturated rings. The molecule has 1 aliphatic heterocycles. The first-order chi connectivity index (χ1) is 11.0. The molecule has 0 atom stereocenters. The lowest BCUT2D eigenvalue weighted by molar-refractivity contribution is 0.0693. The van der Waals surface area contributed by atoms with Gasteiger partial charge in [-0.3, -0.25) is 14.5 Å². The molecular formula is C15H12N4O4. The molecule has 0 bridgehead atoms. The van der Waals surface area contributed by atoms with Crippen LogP contribution in [0.5, 0.6) is 0 Å². The largest absolute Gasteiger partial charge is 0.455 e. The Balaban J connectivity index is 1.88. The molecule has 116 valence electrons. The SMILES string of the molecule is CN1C(=O)c2ccc(-c3ccc(C=NNC(N)=O)o3)cc2C1=O. The van der Waals surface area contributed by atoms with Crippen molar-refractivity contribution in [1.82, 2.24) is 10.3 Å². The van der Waals surface area contributed by atoms with Crippen LogP contribution in [0.1, 0.15) is 26.5 Å². The molecule has 8 heteroatoms. The summed E-state index contributed by atoms with van der Waals surface area (Å²) in [6, 6.07) is 7.47. The highest BCUT2D eigenvalue weighted by Gasteiger charge is 2.32. The number of imide groups is 1. The van der Waals surface area contributed by atoms with Gasteiger partial charge in [0.05, 0.1) is 17.3 Å². The van der Waals surface area contributed by atoms with Gasteiger partial charge in [0.25, 0.3) is 11.8 Å². The summed E-state index contributed by atoms with van der Waals surface area (Å²) in [5.41, 5.74) is 8.31. The van der Waals surface area contributed by atoms with E-state index in [4.69, 9.17) is 10.2 Å². The minimum absolute atomic E-state index is 0.318. The van der Waals surface area contributed by atoms with Gasteiger partial charge in [-0.05, 0) is 24.3 Å². The van der Waals surface area contributed by atoms with Gasteiger partial charge in [-0.15, -0.1) is 0 Å². The van der Waals surface area contributed by atoms with Crippen LogP contribution >= 0.6 is 0 Å². The first-order valence-corrected chi connectivity index (χ1v) is 6.62. The summed E-state index contributed by atoms with van der Waals surface area (Å²) < 4.78 is 5.55. The van der Waals surface area contributed by atoms with Gasteiger partial charge in [0.2, 0.25) is 0 Å². The zero-order valence-corrected chi connectivity index (χ0v) is 12.1. The van der Waals surface area contributed by atoms with Crippen LogP contribution in [0.4, 0.5) is 4.79 Å². The number of nitrogens with zero attached hydrogens (tertiary/aromatic N) is 2. The van der Waals surface area contributed by atoms with Crippen LogP contribution in [-0.4, -0.2) is 36.0 Å². The number of hydrogen-bond donors (Lipinski definition) is 2. The van der Waals surface area contributed by atoms with E-state index in [9.17, 15) is 14.4 Å². The van der Waals surface area contributed by atoms with Crippen LogP contribution in [0.2, 0.25) is 0 Å². The third-order valence-electron chi connectivity index (χ3n) is 3.37. The molecule has 4 amide bonds. The molecule has 1 aromatic heterocycles. The van der Waals surface area contributed by atoms with Gasteiger partial charge in [0.1, 0.15) is 11.5 Å². The number of carbonyl (C=O) groups excluding carboxylic acids is 3. The standard InChI is InChI=1S/C15H12N4O4/c1-19-13(20)10-4-2-8(6-11(10)14(19)21)12-5-3-9(23-12)7-17-18-15(16)22/h2-7H,1H3,(H3,16,18,22). The van der Waals surface area contributed by atoms with Crippen LogP contribution < -0.4 is 11.2 Å². The van der Waals surface area contributed by atoms with Crippen LogP contribution in [0.3, 0.4) is 0 Å². The van der Waals surface area contributed by atoms with E-state index in [1.165, 1.54) is 13.3 Å². The van der Waals surface area contributed by atoms with Crippen molar-refractivity contribution >= 4 is 24.1 Å². The Labute approximate surface area is 130 Å². The molecule has 1 aliphatic rings. The summed E-state index contributed by atoms with van der Waals surface area (Å²) in [4.78, 5) is 35.4. The lowest BCUT2D eigenvalue weighted by atomic mass is 10.0. The molecule has 1 aromatic carbocycles. The van der Waals surface area contributed by atoms with Crippen LogP contribution in [0.15, 0.2) is 39.9 Å². The number of benzene rings is 1. The van der Waals surface area contributed by atoms with Crippen molar-refractivity contribution in [2.45, 2.75) is 0 Å². The second-order valence-corrected chi connectivity index (χ2v) is 4.87. The molecule has 0 saturated carbocycles. The second kappa shape index (κ2) is 5.41. The average Bonchev–Trinajstić information content (AvgIpc) is 3.07. The van der Waals surface area contributed by atoms with Crippen molar-refractivity contribution in [3.05, 3.63) is 47.2 Å². The third-order valence-corrected chi connectivity index (χ3v) is 3.37. The smallest absolute Gasteiger partial charge is 0.332 e. The molecule has 3 N–H and O–H groups in total. The predicted molar refractivity (Wildman–Crippen MR) is 80.9 cm³/mol. The highest BCUT2D eigenvalue weighted by molar-refractivity contribution is 6.21. The van der Waals surface area contributed by atoms with E-state index in [1.54, 1.807) is 30.3 Å². The third kappa shape index (κ3) is 2.57. The predicted octanol–water partition coefficient (Wildman–Crippen LogP) is 1.17. The summed E-state index contributed by atoms with van der Waals surface area (Å²) in [5, 5.41) is 3.59. The number of nitrogens with one attached hydrogen (secondary N) is 1. The van der Waals surface area contributed by atoms with Crippen molar-refractivity contribution in [2.75, 3.05) is 7.05 Å². The first-order valence-electron chi connectivity index (χ1n) is 6.62. The van der Waals surface area contributed by atoms with Crippen molar-refractivity contribution in [3.8, 4) is 11.3 Å². The van der Waals surface area contributed by atoms with Gasteiger partial charge < -0.3 is 10.2 Å². The van der Waals surface area contributed by atoms with Crippen molar-refractivity contribution in [3.63, 3.8) is 0 Å². The van der Waals surface area contributed by atoms with E-state index in [0.717, 1.165) is 4.90 Å². The number of hydrazone groups is 1. The second-order valence-electron chi connectivity index (χ2n) is 4.87. The Morgan fingerprint density at radius 1 is 1.22 bits per heavy atom. The average molecular weight is 312 g/mol. The molecule has 2 aromatic rings. The van der Waals surface area contributed by atoms with Crippen LogP contribution in [0, 0.1) is 0 Å². The lowest BCUT2D eigenvalue weighted by Gasteiger charge is -2.02. The highest BCUT2D eigenvalue weighted by Crippen LogP contribution is 2.28. The summed E-state index contributed by atoms with van der Waals surface area (Å²) in [6.07, 6.45) is 1.30. The Morgan fingerprint density at radius 2 is 1.96 bits per heavy atom. The molecule has 0 aliphatic carbocycles. The van der Waals surface area contributed by atoms with Gasteiger partial charge >= 0.3 is 6.03 Å². The molecule has 8 nitrogen and oxygen atoms in total. The molecule has 3 rings (SSSR count). The molecule has 0 saturated heterocycles. The number of hydrogen-bond acceptors (Lipinski definition) is 5. The van der Waals surface area contributed by atoms with Crippen molar-refractivity contribution < 1.29 is 18.8 Å².